The number of carbonyl (C=O) groups excluding carboxylic acids is 2. The lowest BCUT2D eigenvalue weighted by atomic mass is 10.0. The third-order valence-electron chi connectivity index (χ3n) is 7.15. The predicted octanol–water partition coefficient (Wildman–Crippen LogP) is 0.0547. The molecule has 5 atom stereocenters. The van der Waals surface area contributed by atoms with Crippen LogP contribution in [-0.4, -0.2) is 90.9 Å². The van der Waals surface area contributed by atoms with Gasteiger partial charge in [-0.1, -0.05) is 18.2 Å². The normalized spacial score (nSPS) is 26.6. The van der Waals surface area contributed by atoms with E-state index < -0.39 is 6.04 Å². The molecule has 4 heterocycles. The molecular formula is C22H27N9O2. The molecule has 3 fully saturated rings. The van der Waals surface area contributed by atoms with E-state index in [1.807, 2.05) is 41.0 Å². The van der Waals surface area contributed by atoms with Crippen LogP contribution in [0, 0.1) is 11.3 Å². The second kappa shape index (κ2) is 8.53. The van der Waals surface area contributed by atoms with E-state index >= 15 is 0 Å². The van der Waals surface area contributed by atoms with Crippen molar-refractivity contribution in [3.8, 4) is 17.5 Å². The highest BCUT2D eigenvalue weighted by molar-refractivity contribution is 5.87. The van der Waals surface area contributed by atoms with Crippen molar-refractivity contribution in [1.82, 2.24) is 35.3 Å². The molecule has 172 valence electrons. The maximum Gasteiger partial charge on any atom is 0.241 e. The van der Waals surface area contributed by atoms with Gasteiger partial charge in [0.05, 0.1) is 24.2 Å². The minimum Gasteiger partial charge on any atom is -0.330 e. The number of nitrogens with one attached hydrogen (secondary N) is 1. The first-order valence-electron chi connectivity index (χ1n) is 11.3. The van der Waals surface area contributed by atoms with Gasteiger partial charge in [0.1, 0.15) is 6.04 Å². The fourth-order valence-corrected chi connectivity index (χ4v) is 5.49. The first-order valence-corrected chi connectivity index (χ1v) is 11.3. The van der Waals surface area contributed by atoms with Crippen LogP contribution in [0.2, 0.25) is 0 Å². The predicted molar refractivity (Wildman–Crippen MR) is 117 cm³/mol. The zero-order chi connectivity index (χ0) is 23.1. The Bertz CT molecular complexity index is 1080. The highest BCUT2D eigenvalue weighted by atomic mass is 16.2. The summed E-state index contributed by atoms with van der Waals surface area (Å²) in [6.07, 6.45) is 2.26. The van der Waals surface area contributed by atoms with E-state index in [9.17, 15) is 14.9 Å². The van der Waals surface area contributed by atoms with Crippen molar-refractivity contribution in [1.29, 1.82) is 5.26 Å². The van der Waals surface area contributed by atoms with Crippen LogP contribution in [-0.2, 0) is 9.59 Å². The lowest BCUT2D eigenvalue weighted by molar-refractivity contribution is -0.140. The molecule has 2 amide bonds. The van der Waals surface area contributed by atoms with Crippen molar-refractivity contribution in [2.24, 2.45) is 5.73 Å². The van der Waals surface area contributed by atoms with E-state index in [4.69, 9.17) is 5.73 Å². The molecule has 3 aliphatic heterocycles. The molecule has 5 rings (SSSR count). The quantitative estimate of drug-likeness (QED) is 0.629. The summed E-state index contributed by atoms with van der Waals surface area (Å²) in [4.78, 5) is 31.6. The van der Waals surface area contributed by atoms with Gasteiger partial charge in [-0.2, -0.15) is 5.26 Å². The minimum absolute atomic E-state index is 0.0706. The molecule has 2 bridgehead atoms. The van der Waals surface area contributed by atoms with Gasteiger partial charge < -0.3 is 15.5 Å². The maximum atomic E-state index is 13.3. The number of piperazine rings is 1. The number of fused-ring (bicyclic) bond motifs is 2. The van der Waals surface area contributed by atoms with E-state index in [1.165, 1.54) is 0 Å². The van der Waals surface area contributed by atoms with E-state index in [-0.39, 0.29) is 36.0 Å². The molecule has 11 heteroatoms. The summed E-state index contributed by atoms with van der Waals surface area (Å²) < 4.78 is 0. The van der Waals surface area contributed by atoms with Crippen LogP contribution in [0.25, 0.3) is 11.4 Å². The lowest BCUT2D eigenvalue weighted by Gasteiger charge is -2.38. The van der Waals surface area contributed by atoms with Gasteiger partial charge in [-0.15, -0.1) is 5.10 Å². The Morgan fingerprint density at radius 3 is 3.00 bits per heavy atom. The molecule has 1 aromatic carbocycles. The topological polar surface area (TPSA) is 148 Å². The van der Waals surface area contributed by atoms with Crippen molar-refractivity contribution in [3.05, 3.63) is 29.8 Å². The number of hydrogen-bond donors (Lipinski definition) is 2. The summed E-state index contributed by atoms with van der Waals surface area (Å²) in [5.74, 6) is 0.458. The van der Waals surface area contributed by atoms with Crippen LogP contribution in [0.15, 0.2) is 24.3 Å². The van der Waals surface area contributed by atoms with Crippen molar-refractivity contribution < 1.29 is 9.59 Å². The summed E-state index contributed by atoms with van der Waals surface area (Å²) in [6.45, 7) is 3.63. The van der Waals surface area contributed by atoms with Gasteiger partial charge in [-0.3, -0.25) is 14.5 Å². The number of aromatic nitrogens is 4. The third kappa shape index (κ3) is 3.75. The van der Waals surface area contributed by atoms with Gasteiger partial charge in [0.2, 0.25) is 11.8 Å². The molecule has 0 saturated carbocycles. The van der Waals surface area contributed by atoms with Crippen molar-refractivity contribution >= 4 is 11.8 Å². The van der Waals surface area contributed by atoms with Gasteiger partial charge in [-0.05, 0) is 48.2 Å². The molecule has 3 N–H and O–H groups in total. The summed E-state index contributed by atoms with van der Waals surface area (Å²) >= 11 is 0. The Morgan fingerprint density at radius 1 is 1.42 bits per heavy atom. The van der Waals surface area contributed by atoms with Crippen LogP contribution in [0.4, 0.5) is 0 Å². The van der Waals surface area contributed by atoms with E-state index in [1.54, 1.807) is 4.90 Å². The number of H-pyrrole nitrogens is 1. The number of benzene rings is 1. The van der Waals surface area contributed by atoms with Crippen LogP contribution in [0.1, 0.15) is 37.8 Å². The second-order valence-electron chi connectivity index (χ2n) is 9.08. The fourth-order valence-electron chi connectivity index (χ4n) is 5.49. The van der Waals surface area contributed by atoms with E-state index in [0.717, 1.165) is 24.0 Å². The third-order valence-corrected chi connectivity index (χ3v) is 7.15. The molecular weight excluding hydrogens is 422 g/mol. The molecule has 2 aromatic rings. The van der Waals surface area contributed by atoms with Gasteiger partial charge in [0.25, 0.3) is 0 Å². The van der Waals surface area contributed by atoms with Gasteiger partial charge in [0.15, 0.2) is 5.82 Å². The molecule has 33 heavy (non-hydrogen) atoms. The molecule has 11 nitrogen and oxygen atoms in total. The summed E-state index contributed by atoms with van der Waals surface area (Å²) in [7, 11) is 0. The Hall–Kier alpha value is -3.36. The van der Waals surface area contributed by atoms with Crippen molar-refractivity contribution in [2.75, 3.05) is 19.6 Å². The number of nitrogens with zero attached hydrogens (tertiary/aromatic N) is 7. The smallest absolute Gasteiger partial charge is 0.241 e. The maximum absolute atomic E-state index is 13.3. The van der Waals surface area contributed by atoms with Gasteiger partial charge in [0, 0.05) is 31.2 Å². The van der Waals surface area contributed by atoms with Gasteiger partial charge >= 0.3 is 0 Å². The van der Waals surface area contributed by atoms with E-state index in [0.29, 0.717) is 31.9 Å². The van der Waals surface area contributed by atoms with E-state index in [2.05, 4.69) is 26.7 Å². The molecule has 3 saturated heterocycles. The lowest BCUT2D eigenvalue weighted by Crippen LogP contribution is -2.56. The van der Waals surface area contributed by atoms with Gasteiger partial charge in [-0.25, -0.2) is 5.10 Å². The Balaban J connectivity index is 1.24. The average Bonchev–Trinajstić information content (AvgIpc) is 3.62. The summed E-state index contributed by atoms with van der Waals surface area (Å²) in [5, 5.41) is 23.2. The number of nitriles is 1. The SMILES string of the molecule is C[C@@H](c1cccc(-c2nnn[nH]2)c1)N1C(=O)[C@@H]2C[C@H]1CN2C[C@H](N)C(=O)N1CCC[C@H]1C#N. The zero-order valence-corrected chi connectivity index (χ0v) is 18.5. The number of carbonyl (C=O) groups is 2. The highest BCUT2D eigenvalue weighted by Crippen LogP contribution is 2.38. The number of aromatic amines is 1. The summed E-state index contributed by atoms with van der Waals surface area (Å²) in [5.41, 5.74) is 8.11. The Labute approximate surface area is 191 Å². The number of amides is 2. The first kappa shape index (κ1) is 21.5. The monoisotopic (exact) mass is 449 g/mol. The van der Waals surface area contributed by atoms with Crippen molar-refractivity contribution in [2.45, 2.75) is 56.4 Å². The number of rotatable bonds is 6. The molecule has 3 aliphatic rings. The van der Waals surface area contributed by atoms with Crippen LogP contribution >= 0.6 is 0 Å². The number of tetrazole rings is 1. The van der Waals surface area contributed by atoms with Crippen LogP contribution in [0.3, 0.4) is 0 Å². The molecule has 0 spiro atoms. The Morgan fingerprint density at radius 2 is 2.27 bits per heavy atom. The number of hydrogen-bond acceptors (Lipinski definition) is 8. The molecule has 0 aliphatic carbocycles. The summed E-state index contributed by atoms with van der Waals surface area (Å²) in [6, 6.07) is 8.65. The zero-order valence-electron chi connectivity index (χ0n) is 18.5. The second-order valence-corrected chi connectivity index (χ2v) is 9.08. The number of likely N-dealkylation sites (tertiary alicyclic amines) is 3. The van der Waals surface area contributed by atoms with Crippen molar-refractivity contribution in [3.63, 3.8) is 0 Å². The Kier molecular flexibility index (Phi) is 5.55. The largest absolute Gasteiger partial charge is 0.330 e. The number of nitrogens with two attached hydrogens (primary N) is 1. The molecule has 1 aromatic heterocycles. The standard InChI is InChI=1S/C22H27N9O2/c1-13(14-4-2-5-15(8-14)20-25-27-28-26-20)31-17-9-19(22(31)33)29(11-17)12-18(24)21(32)30-7-3-6-16(30)10-23/h2,4-5,8,13,16-19H,3,6-7,9,11-12,24H2,1H3,(H,25,26,27,28)/t13-,16-,17-,18-,19-/m0/s1. The highest BCUT2D eigenvalue weighted by Gasteiger charge is 2.51. The fraction of sp³-hybridized carbons (Fsp3) is 0.545. The van der Waals surface area contributed by atoms with Crippen LogP contribution < -0.4 is 5.73 Å². The minimum atomic E-state index is -0.732. The van der Waals surface area contributed by atoms with Crippen LogP contribution in [0.5, 0.6) is 0 Å². The molecule has 0 unspecified atom stereocenters. The average molecular weight is 450 g/mol. The first-order chi connectivity index (χ1) is 16.0. The molecule has 0 radical (unpaired) electrons.